The molecular weight excluding hydrogens is 322 g/mol. The highest BCUT2D eigenvalue weighted by Gasteiger charge is 2.36. The number of hydrogen-bond donors (Lipinski definition) is 2. The van der Waals surface area contributed by atoms with E-state index in [1.165, 1.54) is 5.39 Å². The lowest BCUT2D eigenvalue weighted by atomic mass is 9.82. The molecule has 0 fully saturated rings. The van der Waals surface area contributed by atoms with Crippen LogP contribution in [0, 0.1) is 0 Å². The molecule has 0 saturated carbocycles. The summed E-state index contributed by atoms with van der Waals surface area (Å²) in [6.45, 7) is 0. The van der Waals surface area contributed by atoms with Gasteiger partial charge in [0, 0.05) is 46.6 Å². The fourth-order valence-electron chi connectivity index (χ4n) is 4.03. The first kappa shape index (κ1) is 13.8. The molecule has 2 N–H and O–H groups in total. The van der Waals surface area contributed by atoms with Crippen molar-refractivity contribution >= 4 is 17.1 Å². The van der Waals surface area contributed by atoms with Gasteiger partial charge >= 0.3 is 0 Å². The quantitative estimate of drug-likeness (QED) is 0.540. The number of aromatic nitrogens is 4. The van der Waals surface area contributed by atoms with Crippen LogP contribution in [0.1, 0.15) is 23.3 Å². The second kappa shape index (κ2) is 5.02. The number of allylic oxidation sites excluding steroid dienone is 1. The predicted octanol–water partition coefficient (Wildman–Crippen LogP) is 4.40. The minimum atomic E-state index is 0.0177. The van der Waals surface area contributed by atoms with Crippen LogP contribution < -0.4 is 0 Å². The largest absolute Gasteiger partial charge is 0.361 e. The third-order valence-corrected chi connectivity index (χ3v) is 5.26. The molecule has 0 radical (unpaired) electrons. The summed E-state index contributed by atoms with van der Waals surface area (Å²) in [5, 5.41) is 1.18. The Morgan fingerprint density at radius 1 is 1.08 bits per heavy atom. The molecule has 5 nitrogen and oxygen atoms in total. The van der Waals surface area contributed by atoms with Gasteiger partial charge in [0.25, 0.3) is 0 Å². The molecule has 1 aliphatic heterocycles. The van der Waals surface area contributed by atoms with Gasteiger partial charge < -0.3 is 9.97 Å². The zero-order valence-corrected chi connectivity index (χ0v) is 13.8. The molecule has 0 spiro atoms. The van der Waals surface area contributed by atoms with Gasteiger partial charge in [0.05, 0.1) is 17.1 Å². The molecule has 1 aromatic carbocycles. The zero-order chi connectivity index (χ0) is 17.1. The molecule has 4 heterocycles. The fourth-order valence-corrected chi connectivity index (χ4v) is 4.03. The van der Waals surface area contributed by atoms with Crippen LogP contribution in [-0.4, -0.2) is 26.2 Å². The molecule has 0 amide bonds. The number of aliphatic imine (C=N–C) groups is 1. The summed E-state index contributed by atoms with van der Waals surface area (Å²) < 4.78 is 0. The lowest BCUT2D eigenvalue weighted by Crippen LogP contribution is -2.18. The van der Waals surface area contributed by atoms with Crippen molar-refractivity contribution in [1.82, 2.24) is 19.9 Å². The monoisotopic (exact) mass is 337 g/mol. The maximum Gasteiger partial charge on any atom is 0.138 e. The van der Waals surface area contributed by atoms with Gasteiger partial charge in [-0.15, -0.1) is 0 Å². The SMILES string of the molecule is C1=CC2c3[nH]c(-c4ccc5[nH]ccc5c4)nc3-c3cccnc3C2N=C1. The number of nitrogens with one attached hydrogen (secondary N) is 2. The van der Waals surface area contributed by atoms with E-state index in [1.54, 1.807) is 0 Å². The Bertz CT molecular complexity index is 1210. The number of benzene rings is 1. The molecule has 0 bridgehead atoms. The Hall–Kier alpha value is -3.47. The molecule has 3 aromatic heterocycles. The van der Waals surface area contributed by atoms with E-state index in [2.05, 4.69) is 56.4 Å². The van der Waals surface area contributed by atoms with Crippen molar-refractivity contribution in [3.8, 4) is 22.6 Å². The summed E-state index contributed by atoms with van der Waals surface area (Å²) in [5.74, 6) is 1.03. The molecular formula is C21H15N5. The molecule has 124 valence electrons. The van der Waals surface area contributed by atoms with Crippen LogP contribution in [0.5, 0.6) is 0 Å². The van der Waals surface area contributed by atoms with Gasteiger partial charge in [0.2, 0.25) is 0 Å². The van der Waals surface area contributed by atoms with Crippen LogP contribution in [0.3, 0.4) is 0 Å². The zero-order valence-electron chi connectivity index (χ0n) is 13.8. The molecule has 5 heteroatoms. The van der Waals surface area contributed by atoms with Crippen molar-refractivity contribution in [1.29, 1.82) is 0 Å². The summed E-state index contributed by atoms with van der Waals surface area (Å²) in [4.78, 5) is 21.1. The highest BCUT2D eigenvalue weighted by Crippen LogP contribution is 2.47. The first-order valence-corrected chi connectivity index (χ1v) is 8.71. The van der Waals surface area contributed by atoms with Crippen molar-refractivity contribution in [2.45, 2.75) is 12.0 Å². The average molecular weight is 337 g/mol. The van der Waals surface area contributed by atoms with E-state index in [4.69, 9.17) is 4.98 Å². The van der Waals surface area contributed by atoms with Gasteiger partial charge in [0.15, 0.2) is 0 Å². The number of imidazole rings is 1. The average Bonchev–Trinajstić information content (AvgIpc) is 3.35. The summed E-state index contributed by atoms with van der Waals surface area (Å²) in [6.07, 6.45) is 9.85. The van der Waals surface area contributed by atoms with E-state index in [0.29, 0.717) is 0 Å². The standard InChI is InChI=1S/C21H15N5/c1-3-14-17(23-8-1)18-15(4-2-9-24-18)20-19(14)25-21(26-20)13-5-6-16-12(11-13)7-10-22-16/h1-11,14,17,22H,(H,25,26). The molecule has 0 saturated heterocycles. The fraction of sp³-hybridized carbons (Fsp3) is 0.0952. The maximum absolute atomic E-state index is 4.95. The second-order valence-corrected chi connectivity index (χ2v) is 6.72. The normalized spacial score (nSPS) is 20.0. The number of fused-ring (bicyclic) bond motifs is 7. The molecule has 6 rings (SSSR count). The molecule has 1 aliphatic carbocycles. The molecule has 26 heavy (non-hydrogen) atoms. The Labute approximate surface area is 149 Å². The van der Waals surface area contributed by atoms with E-state index in [9.17, 15) is 0 Å². The van der Waals surface area contributed by atoms with Gasteiger partial charge in [-0.3, -0.25) is 9.98 Å². The third-order valence-electron chi connectivity index (χ3n) is 5.26. The van der Waals surface area contributed by atoms with Gasteiger partial charge in [-0.25, -0.2) is 4.98 Å². The van der Waals surface area contributed by atoms with Crippen molar-refractivity contribution < 1.29 is 0 Å². The maximum atomic E-state index is 4.95. The smallest absolute Gasteiger partial charge is 0.138 e. The summed E-state index contributed by atoms with van der Waals surface area (Å²) in [5.41, 5.74) is 6.39. The molecule has 2 atom stereocenters. The van der Waals surface area contributed by atoms with Crippen molar-refractivity contribution in [2.75, 3.05) is 0 Å². The lowest BCUT2D eigenvalue weighted by molar-refractivity contribution is 0.608. The first-order chi connectivity index (χ1) is 12.9. The lowest BCUT2D eigenvalue weighted by Gasteiger charge is -2.28. The summed E-state index contributed by atoms with van der Waals surface area (Å²) >= 11 is 0. The van der Waals surface area contributed by atoms with Crippen molar-refractivity contribution in [3.63, 3.8) is 0 Å². The Balaban J connectivity index is 1.57. The minimum Gasteiger partial charge on any atom is -0.361 e. The Morgan fingerprint density at radius 2 is 2.08 bits per heavy atom. The number of nitrogens with zero attached hydrogens (tertiary/aromatic N) is 3. The molecule has 2 unspecified atom stereocenters. The van der Waals surface area contributed by atoms with E-state index in [-0.39, 0.29) is 12.0 Å². The van der Waals surface area contributed by atoms with Gasteiger partial charge in [-0.2, -0.15) is 0 Å². The topological polar surface area (TPSA) is 69.7 Å². The van der Waals surface area contributed by atoms with Crippen LogP contribution in [0.2, 0.25) is 0 Å². The van der Waals surface area contributed by atoms with E-state index >= 15 is 0 Å². The summed E-state index contributed by atoms with van der Waals surface area (Å²) in [7, 11) is 0. The number of pyridine rings is 1. The molecule has 4 aromatic rings. The van der Waals surface area contributed by atoms with Crippen LogP contribution in [0.4, 0.5) is 0 Å². The van der Waals surface area contributed by atoms with E-state index < -0.39 is 0 Å². The number of hydrogen-bond acceptors (Lipinski definition) is 3. The predicted molar refractivity (Wildman–Crippen MR) is 102 cm³/mol. The molecule has 2 aliphatic rings. The number of H-pyrrole nitrogens is 2. The minimum absolute atomic E-state index is 0.0177. The first-order valence-electron chi connectivity index (χ1n) is 8.71. The van der Waals surface area contributed by atoms with E-state index in [1.807, 2.05) is 30.8 Å². The van der Waals surface area contributed by atoms with Gasteiger partial charge in [-0.05, 0) is 42.5 Å². The van der Waals surface area contributed by atoms with E-state index in [0.717, 1.165) is 39.5 Å². The van der Waals surface area contributed by atoms with Gasteiger partial charge in [0.1, 0.15) is 11.9 Å². The Kier molecular flexibility index (Phi) is 2.66. The van der Waals surface area contributed by atoms with Crippen LogP contribution >= 0.6 is 0 Å². The third kappa shape index (κ3) is 1.82. The summed E-state index contributed by atoms with van der Waals surface area (Å²) in [6, 6.07) is 12.5. The highest BCUT2D eigenvalue weighted by molar-refractivity contribution is 5.85. The Morgan fingerprint density at radius 3 is 3.08 bits per heavy atom. The van der Waals surface area contributed by atoms with Crippen LogP contribution in [0.25, 0.3) is 33.5 Å². The number of aromatic amines is 2. The second-order valence-electron chi connectivity index (χ2n) is 6.72. The number of rotatable bonds is 1. The van der Waals surface area contributed by atoms with Crippen molar-refractivity contribution in [2.24, 2.45) is 4.99 Å². The number of dihydropyridines is 1. The highest BCUT2D eigenvalue weighted by atomic mass is 15.0. The van der Waals surface area contributed by atoms with Crippen LogP contribution in [0.15, 0.2) is 65.9 Å². The van der Waals surface area contributed by atoms with Crippen LogP contribution in [-0.2, 0) is 0 Å². The van der Waals surface area contributed by atoms with Gasteiger partial charge in [-0.1, -0.05) is 6.08 Å². The van der Waals surface area contributed by atoms with Crippen molar-refractivity contribution in [3.05, 3.63) is 72.3 Å².